The summed E-state index contributed by atoms with van der Waals surface area (Å²) in [5.74, 6) is 0.820. The van der Waals surface area contributed by atoms with Crippen molar-refractivity contribution in [3.05, 3.63) is 54.1 Å². The highest BCUT2D eigenvalue weighted by atomic mass is 16.5. The summed E-state index contributed by atoms with van der Waals surface area (Å²) in [4.78, 5) is 4.87. The second-order valence-corrected chi connectivity index (χ2v) is 6.61. The monoisotopic (exact) mass is 325 g/mol. The van der Waals surface area contributed by atoms with Crippen LogP contribution in [0.3, 0.4) is 0 Å². The molecule has 0 aliphatic carbocycles. The molecule has 0 amide bonds. The van der Waals surface area contributed by atoms with Gasteiger partial charge in [-0.3, -0.25) is 4.90 Å². The second-order valence-electron chi connectivity index (χ2n) is 6.61. The quantitative estimate of drug-likeness (QED) is 0.856. The van der Waals surface area contributed by atoms with Gasteiger partial charge < -0.3 is 15.4 Å². The lowest BCUT2D eigenvalue weighted by Crippen LogP contribution is -2.49. The molecule has 128 valence electrons. The maximum absolute atomic E-state index is 6.28. The van der Waals surface area contributed by atoms with E-state index in [1.165, 1.54) is 0 Å². The van der Waals surface area contributed by atoms with Gasteiger partial charge in [0, 0.05) is 38.3 Å². The minimum Gasteiger partial charge on any atom is -0.489 e. The van der Waals surface area contributed by atoms with E-state index < -0.39 is 0 Å². The second kappa shape index (κ2) is 7.58. The van der Waals surface area contributed by atoms with Gasteiger partial charge in [0.25, 0.3) is 0 Å². The van der Waals surface area contributed by atoms with E-state index in [0.717, 1.165) is 48.9 Å². The van der Waals surface area contributed by atoms with Gasteiger partial charge in [-0.25, -0.2) is 0 Å². The molecule has 24 heavy (non-hydrogen) atoms. The molecule has 0 spiro atoms. The van der Waals surface area contributed by atoms with Crippen molar-refractivity contribution in [1.29, 1.82) is 0 Å². The number of ether oxygens (including phenoxy) is 1. The first kappa shape index (κ1) is 16.7. The highest BCUT2D eigenvalue weighted by Crippen LogP contribution is 2.29. The molecule has 0 bridgehead atoms. The van der Waals surface area contributed by atoms with Crippen molar-refractivity contribution in [2.45, 2.75) is 26.5 Å². The molecule has 1 aliphatic rings. The highest BCUT2D eigenvalue weighted by molar-refractivity contribution is 5.69. The zero-order valence-electron chi connectivity index (χ0n) is 14.6. The number of hydrogen-bond donors (Lipinski definition) is 1. The van der Waals surface area contributed by atoms with E-state index >= 15 is 0 Å². The van der Waals surface area contributed by atoms with Gasteiger partial charge in [0.15, 0.2) is 0 Å². The largest absolute Gasteiger partial charge is 0.489 e. The number of nitrogen functional groups attached to an aromatic ring is 1. The Morgan fingerprint density at radius 3 is 2.33 bits per heavy atom. The van der Waals surface area contributed by atoms with Crippen LogP contribution in [-0.2, 0) is 6.61 Å². The molecule has 3 rings (SSSR count). The molecule has 0 atom stereocenters. The SMILES string of the molecule is CC(C)N1CCN(c2ccc(OCc3ccccc3)cc2N)CC1. The van der Waals surface area contributed by atoms with Crippen LogP contribution < -0.4 is 15.4 Å². The first-order valence-corrected chi connectivity index (χ1v) is 8.69. The molecule has 1 heterocycles. The van der Waals surface area contributed by atoms with Crippen molar-refractivity contribution in [2.75, 3.05) is 36.8 Å². The Labute approximate surface area is 144 Å². The maximum atomic E-state index is 6.28. The van der Waals surface area contributed by atoms with Crippen LogP contribution in [0.5, 0.6) is 5.75 Å². The smallest absolute Gasteiger partial charge is 0.122 e. The van der Waals surface area contributed by atoms with Crippen molar-refractivity contribution in [3.8, 4) is 5.75 Å². The number of rotatable bonds is 5. The molecule has 0 aromatic heterocycles. The average molecular weight is 325 g/mol. The molecule has 0 unspecified atom stereocenters. The summed E-state index contributed by atoms with van der Waals surface area (Å²) in [5.41, 5.74) is 9.34. The van der Waals surface area contributed by atoms with Gasteiger partial charge in [0.05, 0.1) is 11.4 Å². The molecular formula is C20H27N3O. The first-order chi connectivity index (χ1) is 11.6. The lowest BCUT2D eigenvalue weighted by atomic mass is 10.2. The number of hydrogen-bond acceptors (Lipinski definition) is 4. The van der Waals surface area contributed by atoms with Crippen molar-refractivity contribution in [2.24, 2.45) is 0 Å². The zero-order valence-corrected chi connectivity index (χ0v) is 14.6. The van der Waals surface area contributed by atoms with Crippen molar-refractivity contribution in [3.63, 3.8) is 0 Å². The van der Waals surface area contributed by atoms with Gasteiger partial charge in [0.2, 0.25) is 0 Å². The summed E-state index contributed by atoms with van der Waals surface area (Å²) in [6.45, 7) is 9.28. The number of piperazine rings is 1. The fourth-order valence-electron chi connectivity index (χ4n) is 3.13. The fourth-order valence-corrected chi connectivity index (χ4v) is 3.13. The molecule has 1 fully saturated rings. The molecule has 2 aromatic carbocycles. The van der Waals surface area contributed by atoms with E-state index in [4.69, 9.17) is 10.5 Å². The van der Waals surface area contributed by atoms with E-state index in [1.54, 1.807) is 0 Å². The van der Waals surface area contributed by atoms with Crippen LogP contribution in [0, 0.1) is 0 Å². The molecular weight excluding hydrogens is 298 g/mol. The summed E-state index contributed by atoms with van der Waals surface area (Å²) in [6.07, 6.45) is 0. The van der Waals surface area contributed by atoms with Gasteiger partial charge >= 0.3 is 0 Å². The lowest BCUT2D eigenvalue weighted by molar-refractivity contribution is 0.209. The predicted octanol–water partition coefficient (Wildman–Crippen LogP) is 3.38. The summed E-state index contributed by atoms with van der Waals surface area (Å²) in [5, 5.41) is 0. The van der Waals surface area contributed by atoms with E-state index in [9.17, 15) is 0 Å². The zero-order chi connectivity index (χ0) is 16.9. The maximum Gasteiger partial charge on any atom is 0.122 e. The molecule has 2 aromatic rings. The standard InChI is InChI=1S/C20H27N3O/c1-16(2)22-10-12-23(13-11-22)20-9-8-18(14-19(20)21)24-15-17-6-4-3-5-7-17/h3-9,14,16H,10-13,15,21H2,1-2H3. The van der Waals surface area contributed by atoms with Crippen molar-refractivity contribution in [1.82, 2.24) is 4.90 Å². The van der Waals surface area contributed by atoms with Crippen LogP contribution in [0.25, 0.3) is 0 Å². The third kappa shape index (κ3) is 4.01. The van der Waals surface area contributed by atoms with Crippen molar-refractivity contribution >= 4 is 11.4 Å². The molecule has 4 heteroatoms. The molecule has 0 saturated carbocycles. The Hall–Kier alpha value is -2.20. The van der Waals surface area contributed by atoms with Crippen molar-refractivity contribution < 1.29 is 4.74 Å². The molecule has 1 aliphatic heterocycles. The van der Waals surface area contributed by atoms with Crippen LogP contribution in [0.15, 0.2) is 48.5 Å². The Kier molecular flexibility index (Phi) is 5.26. The first-order valence-electron chi connectivity index (χ1n) is 8.69. The van der Waals surface area contributed by atoms with Crippen LogP contribution in [0.2, 0.25) is 0 Å². The minimum atomic E-state index is 0.562. The van der Waals surface area contributed by atoms with E-state index in [-0.39, 0.29) is 0 Å². The van der Waals surface area contributed by atoms with E-state index in [1.807, 2.05) is 30.3 Å². The summed E-state index contributed by atoms with van der Waals surface area (Å²) >= 11 is 0. The van der Waals surface area contributed by atoms with Gasteiger partial charge in [0.1, 0.15) is 12.4 Å². The number of benzene rings is 2. The number of anilines is 2. The van der Waals surface area contributed by atoms with Gasteiger partial charge in [-0.2, -0.15) is 0 Å². The van der Waals surface area contributed by atoms with E-state index in [0.29, 0.717) is 12.6 Å². The Balaban J connectivity index is 1.61. The topological polar surface area (TPSA) is 41.7 Å². The van der Waals surface area contributed by atoms with Crippen LogP contribution in [0.4, 0.5) is 11.4 Å². The minimum absolute atomic E-state index is 0.562. The van der Waals surface area contributed by atoms with Gasteiger partial charge in [-0.15, -0.1) is 0 Å². The van der Waals surface area contributed by atoms with Gasteiger partial charge in [-0.1, -0.05) is 30.3 Å². The average Bonchev–Trinajstić information content (AvgIpc) is 2.61. The van der Waals surface area contributed by atoms with Crippen LogP contribution >= 0.6 is 0 Å². The van der Waals surface area contributed by atoms with Crippen LogP contribution in [0.1, 0.15) is 19.4 Å². The summed E-state index contributed by atoms with van der Waals surface area (Å²) in [7, 11) is 0. The van der Waals surface area contributed by atoms with E-state index in [2.05, 4.69) is 41.8 Å². The Bertz CT molecular complexity index is 649. The molecule has 4 nitrogen and oxygen atoms in total. The Morgan fingerprint density at radius 2 is 1.71 bits per heavy atom. The third-order valence-electron chi connectivity index (χ3n) is 4.63. The summed E-state index contributed by atoms with van der Waals surface area (Å²) < 4.78 is 5.86. The molecule has 1 saturated heterocycles. The number of nitrogens with zero attached hydrogens (tertiary/aromatic N) is 2. The van der Waals surface area contributed by atoms with Crippen LogP contribution in [-0.4, -0.2) is 37.1 Å². The predicted molar refractivity (Wildman–Crippen MR) is 101 cm³/mol. The lowest BCUT2D eigenvalue weighted by Gasteiger charge is -2.38. The number of nitrogens with two attached hydrogens (primary N) is 1. The third-order valence-corrected chi connectivity index (χ3v) is 4.63. The molecule has 0 radical (unpaired) electrons. The van der Waals surface area contributed by atoms with Gasteiger partial charge in [-0.05, 0) is 31.5 Å². The highest BCUT2D eigenvalue weighted by Gasteiger charge is 2.20. The fraction of sp³-hybridized carbons (Fsp3) is 0.400. The normalized spacial score (nSPS) is 15.7. The molecule has 2 N–H and O–H groups in total. The summed E-state index contributed by atoms with van der Waals surface area (Å²) in [6, 6.07) is 16.8. The Morgan fingerprint density at radius 1 is 1.00 bits per heavy atom.